The second-order valence-corrected chi connectivity index (χ2v) is 9.91. The van der Waals surface area contributed by atoms with Gasteiger partial charge in [-0.25, -0.2) is 28.7 Å². The molecular weight excluding hydrogens is 474 g/mol. The summed E-state index contributed by atoms with van der Waals surface area (Å²) in [4.78, 5) is 22.5. The molecule has 2 aliphatic rings. The van der Waals surface area contributed by atoms with E-state index in [1.165, 1.54) is 12.0 Å². The van der Waals surface area contributed by atoms with Gasteiger partial charge >= 0.3 is 0 Å². The summed E-state index contributed by atoms with van der Waals surface area (Å²) in [6.45, 7) is 4.16. The van der Waals surface area contributed by atoms with Crippen LogP contribution in [0.1, 0.15) is 44.1 Å². The van der Waals surface area contributed by atoms with Gasteiger partial charge in [-0.2, -0.15) is 0 Å². The molecule has 0 aromatic carbocycles. The first kappa shape index (κ1) is 23.6. The van der Waals surface area contributed by atoms with Gasteiger partial charge < -0.3 is 16.0 Å². The number of nitrogens with zero attached hydrogens (tertiary/aromatic N) is 5. The van der Waals surface area contributed by atoms with Gasteiger partial charge in [0.2, 0.25) is 0 Å². The van der Waals surface area contributed by atoms with Crippen LogP contribution in [-0.4, -0.2) is 44.1 Å². The third kappa shape index (κ3) is 4.81. The van der Waals surface area contributed by atoms with E-state index in [0.29, 0.717) is 29.0 Å². The second-order valence-electron chi connectivity index (χ2n) is 9.91. The monoisotopic (exact) mass is 502 g/mol. The minimum Gasteiger partial charge on any atom is -0.366 e. The smallest absolute Gasteiger partial charge is 0.168 e. The zero-order chi connectivity index (χ0) is 25.4. The highest BCUT2D eigenvalue weighted by molar-refractivity contribution is 5.93. The molecule has 5 heterocycles. The average molecular weight is 503 g/mol. The number of rotatable bonds is 6. The van der Waals surface area contributed by atoms with Gasteiger partial charge in [-0.15, -0.1) is 0 Å². The fourth-order valence-electron chi connectivity index (χ4n) is 5.04. The second kappa shape index (κ2) is 9.93. The fraction of sp³-hybridized carbons (Fsp3) is 0.370. The standard InChI is InChI=1S/C27H28F2N8/c1-15-11-30-7-6-21(15)34-27-24-19(16-3-2-4-16)13-31-14-22(24)35-25(37-27)17-5-8-32-23(9-17)36-26-20(29)10-18(28)12-33-26/h5,8-10,12-16,21,30H,2-4,6-7,11H2,1H3,(H,32,33,36)(H,34,35,37). The van der Waals surface area contributed by atoms with Crippen molar-refractivity contribution in [3.05, 3.63) is 60.2 Å². The van der Waals surface area contributed by atoms with Crippen LogP contribution in [0.5, 0.6) is 0 Å². The third-order valence-electron chi connectivity index (χ3n) is 7.36. The number of aromatic nitrogens is 5. The number of hydrogen-bond acceptors (Lipinski definition) is 8. The number of piperidine rings is 1. The molecule has 1 aliphatic heterocycles. The summed E-state index contributed by atoms with van der Waals surface area (Å²) in [5, 5.41) is 11.1. The number of nitrogens with one attached hydrogen (secondary N) is 3. The topological polar surface area (TPSA) is 101 Å². The fourth-order valence-corrected chi connectivity index (χ4v) is 5.04. The highest BCUT2D eigenvalue weighted by Crippen LogP contribution is 2.41. The predicted molar refractivity (Wildman–Crippen MR) is 139 cm³/mol. The van der Waals surface area contributed by atoms with E-state index in [4.69, 9.17) is 9.97 Å². The molecule has 0 spiro atoms. The minimum absolute atomic E-state index is 0.109. The Morgan fingerprint density at radius 3 is 2.68 bits per heavy atom. The van der Waals surface area contributed by atoms with Crippen molar-refractivity contribution in [2.75, 3.05) is 23.7 Å². The molecule has 0 amide bonds. The van der Waals surface area contributed by atoms with Crippen LogP contribution in [0.3, 0.4) is 0 Å². The summed E-state index contributed by atoms with van der Waals surface area (Å²) in [7, 11) is 0. The molecule has 1 saturated carbocycles. The summed E-state index contributed by atoms with van der Waals surface area (Å²) in [5.74, 6) is 0.961. The van der Waals surface area contributed by atoms with Gasteiger partial charge in [-0.05, 0) is 61.9 Å². The molecule has 1 aliphatic carbocycles. The van der Waals surface area contributed by atoms with Crippen LogP contribution in [0.4, 0.5) is 26.2 Å². The number of pyridine rings is 3. The zero-order valence-electron chi connectivity index (χ0n) is 20.5. The molecule has 2 fully saturated rings. The van der Waals surface area contributed by atoms with E-state index in [2.05, 4.69) is 37.8 Å². The van der Waals surface area contributed by atoms with Crippen molar-refractivity contribution in [1.82, 2.24) is 30.2 Å². The lowest BCUT2D eigenvalue weighted by molar-refractivity contribution is 0.368. The van der Waals surface area contributed by atoms with Crippen LogP contribution in [-0.2, 0) is 0 Å². The molecule has 2 unspecified atom stereocenters. The largest absolute Gasteiger partial charge is 0.366 e. The number of fused-ring (bicyclic) bond motifs is 1. The highest BCUT2D eigenvalue weighted by atomic mass is 19.1. The van der Waals surface area contributed by atoms with E-state index in [-0.39, 0.29) is 11.9 Å². The maximum atomic E-state index is 14.1. The Hall–Kier alpha value is -3.79. The summed E-state index contributed by atoms with van der Waals surface area (Å²) < 4.78 is 27.4. The number of anilines is 3. The van der Waals surface area contributed by atoms with Gasteiger partial charge in [0.15, 0.2) is 17.5 Å². The van der Waals surface area contributed by atoms with Gasteiger partial charge in [-0.1, -0.05) is 13.3 Å². The van der Waals surface area contributed by atoms with Gasteiger partial charge in [0.1, 0.15) is 17.5 Å². The van der Waals surface area contributed by atoms with Crippen molar-refractivity contribution >= 4 is 28.4 Å². The summed E-state index contributed by atoms with van der Waals surface area (Å²) in [6.07, 6.45) is 10.8. The molecule has 1 saturated heterocycles. The van der Waals surface area contributed by atoms with Gasteiger partial charge in [-0.3, -0.25) is 4.98 Å². The highest BCUT2D eigenvalue weighted by Gasteiger charge is 2.27. The Balaban J connectivity index is 1.41. The van der Waals surface area contributed by atoms with Crippen molar-refractivity contribution in [3.8, 4) is 11.4 Å². The van der Waals surface area contributed by atoms with E-state index in [1.807, 2.05) is 6.20 Å². The molecule has 10 heteroatoms. The molecule has 4 aromatic heterocycles. The van der Waals surface area contributed by atoms with Crippen LogP contribution in [0.15, 0.2) is 43.0 Å². The van der Waals surface area contributed by atoms with Crippen molar-refractivity contribution in [1.29, 1.82) is 0 Å². The van der Waals surface area contributed by atoms with E-state index in [1.54, 1.807) is 24.5 Å². The molecule has 2 atom stereocenters. The van der Waals surface area contributed by atoms with Crippen LogP contribution in [0.25, 0.3) is 22.3 Å². The normalized spacial score (nSPS) is 20.0. The van der Waals surface area contributed by atoms with Gasteiger partial charge in [0.05, 0.1) is 17.9 Å². The van der Waals surface area contributed by atoms with Gasteiger partial charge in [0, 0.05) is 35.5 Å². The molecule has 3 N–H and O–H groups in total. The Morgan fingerprint density at radius 1 is 1.00 bits per heavy atom. The molecule has 37 heavy (non-hydrogen) atoms. The first-order valence-electron chi connectivity index (χ1n) is 12.7. The van der Waals surface area contributed by atoms with Crippen molar-refractivity contribution in [2.24, 2.45) is 5.92 Å². The Labute approximate surface area is 213 Å². The SMILES string of the molecule is CC1CNCCC1Nc1nc(-c2ccnc(Nc3ncc(F)cc3F)c2)nc2cncc(C3CCC3)c12. The van der Waals surface area contributed by atoms with Crippen LogP contribution < -0.4 is 16.0 Å². The molecule has 4 aromatic rings. The Kier molecular flexibility index (Phi) is 6.33. The predicted octanol–water partition coefficient (Wildman–Crippen LogP) is 5.18. The molecule has 8 nitrogen and oxygen atoms in total. The van der Waals surface area contributed by atoms with Crippen LogP contribution >= 0.6 is 0 Å². The van der Waals surface area contributed by atoms with Crippen LogP contribution in [0.2, 0.25) is 0 Å². The summed E-state index contributed by atoms with van der Waals surface area (Å²) in [5.41, 5.74) is 2.70. The lowest BCUT2D eigenvalue weighted by Crippen LogP contribution is -2.42. The minimum atomic E-state index is -0.800. The molecule has 6 rings (SSSR count). The van der Waals surface area contributed by atoms with Crippen molar-refractivity contribution in [3.63, 3.8) is 0 Å². The summed E-state index contributed by atoms with van der Waals surface area (Å²) in [6, 6.07) is 4.60. The van der Waals surface area contributed by atoms with Crippen LogP contribution in [0, 0.1) is 17.6 Å². The Morgan fingerprint density at radius 2 is 1.89 bits per heavy atom. The quantitative estimate of drug-likeness (QED) is 0.332. The first-order valence-corrected chi connectivity index (χ1v) is 12.7. The summed E-state index contributed by atoms with van der Waals surface area (Å²) >= 11 is 0. The molecule has 0 bridgehead atoms. The maximum Gasteiger partial charge on any atom is 0.168 e. The average Bonchev–Trinajstić information content (AvgIpc) is 2.86. The van der Waals surface area contributed by atoms with Crippen molar-refractivity contribution < 1.29 is 8.78 Å². The molecule has 0 radical (unpaired) electrons. The zero-order valence-corrected chi connectivity index (χ0v) is 20.5. The molecular formula is C27H28F2N8. The maximum absolute atomic E-state index is 14.1. The van der Waals surface area contributed by atoms with E-state index >= 15 is 0 Å². The number of halogens is 2. The lowest BCUT2D eigenvalue weighted by atomic mass is 9.79. The number of hydrogen-bond donors (Lipinski definition) is 3. The van der Waals surface area contributed by atoms with E-state index in [0.717, 1.165) is 61.3 Å². The Bertz CT molecular complexity index is 1440. The molecule has 190 valence electrons. The van der Waals surface area contributed by atoms with Gasteiger partial charge in [0.25, 0.3) is 0 Å². The third-order valence-corrected chi connectivity index (χ3v) is 7.36. The van der Waals surface area contributed by atoms with Crippen molar-refractivity contribution in [2.45, 2.75) is 44.6 Å². The van der Waals surface area contributed by atoms with E-state index < -0.39 is 11.6 Å². The van der Waals surface area contributed by atoms with E-state index in [9.17, 15) is 8.78 Å². The first-order chi connectivity index (χ1) is 18.0. The lowest BCUT2D eigenvalue weighted by Gasteiger charge is -2.32.